The zero-order valence-corrected chi connectivity index (χ0v) is 7.96. The molecule has 0 saturated carbocycles. The third-order valence-corrected chi connectivity index (χ3v) is 2.23. The van der Waals surface area contributed by atoms with Crippen LogP contribution in [0.2, 0.25) is 0 Å². The Balaban J connectivity index is 2.46. The zero-order chi connectivity index (χ0) is 8.97. The van der Waals surface area contributed by atoms with Crippen LogP contribution in [0.25, 0.3) is 0 Å². The summed E-state index contributed by atoms with van der Waals surface area (Å²) >= 11 is 0. The van der Waals surface area contributed by atoms with Crippen LogP contribution in [0.5, 0.6) is 0 Å². The van der Waals surface area contributed by atoms with Crippen LogP contribution in [-0.2, 0) is 0 Å². The summed E-state index contributed by atoms with van der Waals surface area (Å²) in [7, 11) is 0. The van der Waals surface area contributed by atoms with Crippen molar-refractivity contribution in [2.45, 2.75) is 26.7 Å². The van der Waals surface area contributed by atoms with Crippen molar-refractivity contribution in [1.82, 2.24) is 0 Å². The average molecular weight is 166 g/mol. The molecule has 0 bridgehead atoms. The van der Waals surface area contributed by atoms with E-state index in [2.05, 4.69) is 32.1 Å². The molecule has 12 heavy (non-hydrogen) atoms. The maximum atomic E-state index is 8.88. The lowest BCUT2D eigenvalue weighted by Crippen LogP contribution is -2.04. The van der Waals surface area contributed by atoms with E-state index in [1.54, 1.807) is 0 Å². The number of hydrogen-bond acceptors (Lipinski definition) is 1. The normalized spacial score (nSPS) is 25.2. The van der Waals surface area contributed by atoms with E-state index in [1.807, 2.05) is 0 Å². The average Bonchev–Trinajstić information content (AvgIpc) is 2.04. The van der Waals surface area contributed by atoms with Crippen LogP contribution in [0.1, 0.15) is 26.7 Å². The van der Waals surface area contributed by atoms with Gasteiger partial charge in [-0.05, 0) is 24.7 Å². The van der Waals surface area contributed by atoms with E-state index in [9.17, 15) is 0 Å². The lowest BCUT2D eigenvalue weighted by atomic mass is 9.92. The quantitative estimate of drug-likeness (QED) is 0.683. The molecule has 0 spiro atoms. The van der Waals surface area contributed by atoms with Crippen molar-refractivity contribution in [2.75, 3.05) is 6.61 Å². The second-order valence-corrected chi connectivity index (χ2v) is 3.85. The van der Waals surface area contributed by atoms with E-state index >= 15 is 0 Å². The van der Waals surface area contributed by atoms with Crippen molar-refractivity contribution in [1.29, 1.82) is 0 Å². The summed E-state index contributed by atoms with van der Waals surface area (Å²) in [4.78, 5) is 0. The van der Waals surface area contributed by atoms with Crippen LogP contribution in [0.3, 0.4) is 0 Å². The molecule has 1 N–H and O–H groups in total. The summed E-state index contributed by atoms with van der Waals surface area (Å²) in [6.45, 7) is 4.60. The summed E-state index contributed by atoms with van der Waals surface area (Å²) < 4.78 is 0. The number of rotatable bonds is 3. The fourth-order valence-corrected chi connectivity index (χ4v) is 1.53. The molecule has 0 saturated heterocycles. The van der Waals surface area contributed by atoms with Gasteiger partial charge in [-0.2, -0.15) is 0 Å². The Bertz CT molecular complexity index is 191. The van der Waals surface area contributed by atoms with E-state index in [4.69, 9.17) is 5.11 Å². The molecule has 0 heterocycles. The molecule has 0 aromatic carbocycles. The van der Waals surface area contributed by atoms with Crippen molar-refractivity contribution in [3.8, 4) is 0 Å². The van der Waals surface area contributed by atoms with Crippen LogP contribution in [0.15, 0.2) is 23.8 Å². The molecular formula is C11H18O. The molecule has 0 aliphatic heterocycles. The van der Waals surface area contributed by atoms with Crippen LogP contribution in [0, 0.1) is 11.8 Å². The van der Waals surface area contributed by atoms with Gasteiger partial charge in [0.2, 0.25) is 0 Å². The smallest absolute Gasteiger partial charge is 0.0459 e. The van der Waals surface area contributed by atoms with Gasteiger partial charge in [-0.3, -0.25) is 0 Å². The van der Waals surface area contributed by atoms with E-state index in [0.29, 0.717) is 18.4 Å². The Morgan fingerprint density at radius 3 is 3.00 bits per heavy atom. The molecule has 2 unspecified atom stereocenters. The van der Waals surface area contributed by atoms with Crippen molar-refractivity contribution in [3.05, 3.63) is 23.8 Å². The molecule has 0 radical (unpaired) electrons. The van der Waals surface area contributed by atoms with Crippen LogP contribution < -0.4 is 0 Å². The van der Waals surface area contributed by atoms with Crippen molar-refractivity contribution in [3.63, 3.8) is 0 Å². The second-order valence-electron chi connectivity index (χ2n) is 3.85. The minimum absolute atomic E-state index is 0.291. The Hall–Kier alpha value is -0.560. The summed E-state index contributed by atoms with van der Waals surface area (Å²) in [6, 6.07) is 0. The lowest BCUT2D eigenvalue weighted by Gasteiger charge is -2.14. The Morgan fingerprint density at radius 1 is 1.67 bits per heavy atom. The largest absolute Gasteiger partial charge is 0.396 e. The van der Waals surface area contributed by atoms with E-state index in [0.717, 1.165) is 12.8 Å². The molecule has 68 valence electrons. The van der Waals surface area contributed by atoms with Crippen molar-refractivity contribution >= 4 is 0 Å². The Kier molecular flexibility index (Phi) is 3.54. The fourth-order valence-electron chi connectivity index (χ4n) is 1.53. The maximum Gasteiger partial charge on any atom is 0.0459 e. The summed E-state index contributed by atoms with van der Waals surface area (Å²) in [5.41, 5.74) is 1.38. The summed E-state index contributed by atoms with van der Waals surface area (Å²) in [6.07, 6.45) is 8.90. The first-order chi connectivity index (χ1) is 5.72. The van der Waals surface area contributed by atoms with Gasteiger partial charge in [-0.15, -0.1) is 0 Å². The van der Waals surface area contributed by atoms with Gasteiger partial charge in [-0.1, -0.05) is 37.6 Å². The SMILES string of the molecule is CC1C=C(CC(C)CO)C=CC1. The summed E-state index contributed by atoms with van der Waals surface area (Å²) in [5.74, 6) is 1.07. The van der Waals surface area contributed by atoms with E-state index in [1.165, 1.54) is 5.57 Å². The highest BCUT2D eigenvalue weighted by molar-refractivity contribution is 5.23. The van der Waals surface area contributed by atoms with Crippen LogP contribution in [-0.4, -0.2) is 11.7 Å². The van der Waals surface area contributed by atoms with Gasteiger partial charge in [0.25, 0.3) is 0 Å². The number of aliphatic hydroxyl groups is 1. The standard InChI is InChI=1S/C11H18O/c1-9-4-3-5-11(6-9)7-10(2)8-12/h3,5-6,9-10,12H,4,7-8H2,1-2H3. The molecule has 2 atom stereocenters. The van der Waals surface area contributed by atoms with Crippen LogP contribution in [0.4, 0.5) is 0 Å². The van der Waals surface area contributed by atoms with Gasteiger partial charge in [-0.25, -0.2) is 0 Å². The molecule has 1 nitrogen and oxygen atoms in total. The first-order valence-corrected chi connectivity index (χ1v) is 4.70. The molecule has 1 heteroatoms. The van der Waals surface area contributed by atoms with Crippen molar-refractivity contribution < 1.29 is 5.11 Å². The second kappa shape index (κ2) is 4.46. The van der Waals surface area contributed by atoms with Gasteiger partial charge in [0.15, 0.2) is 0 Å². The van der Waals surface area contributed by atoms with Gasteiger partial charge >= 0.3 is 0 Å². The van der Waals surface area contributed by atoms with E-state index < -0.39 is 0 Å². The minimum atomic E-state index is 0.291. The monoisotopic (exact) mass is 166 g/mol. The summed E-state index contributed by atoms with van der Waals surface area (Å²) in [5, 5.41) is 8.88. The highest BCUT2D eigenvalue weighted by Gasteiger charge is 2.07. The molecular weight excluding hydrogens is 148 g/mol. The third-order valence-electron chi connectivity index (χ3n) is 2.23. The highest BCUT2D eigenvalue weighted by atomic mass is 16.3. The molecule has 1 aliphatic rings. The van der Waals surface area contributed by atoms with Gasteiger partial charge in [0.1, 0.15) is 0 Å². The predicted molar refractivity (Wildman–Crippen MR) is 51.9 cm³/mol. The van der Waals surface area contributed by atoms with Gasteiger partial charge in [0, 0.05) is 6.61 Å². The Morgan fingerprint density at radius 2 is 2.42 bits per heavy atom. The zero-order valence-electron chi connectivity index (χ0n) is 7.96. The molecule has 1 rings (SSSR count). The molecule has 0 aromatic rings. The maximum absolute atomic E-state index is 8.88. The molecule has 0 fully saturated rings. The number of aliphatic hydroxyl groups excluding tert-OH is 1. The molecule has 1 aliphatic carbocycles. The van der Waals surface area contributed by atoms with Gasteiger partial charge in [0.05, 0.1) is 0 Å². The van der Waals surface area contributed by atoms with Crippen molar-refractivity contribution in [2.24, 2.45) is 11.8 Å². The predicted octanol–water partition coefficient (Wildman–Crippen LogP) is 2.53. The molecule has 0 aromatic heterocycles. The van der Waals surface area contributed by atoms with Gasteiger partial charge < -0.3 is 5.11 Å². The number of allylic oxidation sites excluding steroid dienone is 4. The minimum Gasteiger partial charge on any atom is -0.396 e. The third kappa shape index (κ3) is 2.82. The first kappa shape index (κ1) is 9.53. The number of hydrogen-bond donors (Lipinski definition) is 1. The van der Waals surface area contributed by atoms with E-state index in [-0.39, 0.29) is 0 Å². The lowest BCUT2D eigenvalue weighted by molar-refractivity contribution is 0.237. The molecule has 0 amide bonds. The first-order valence-electron chi connectivity index (χ1n) is 4.70. The topological polar surface area (TPSA) is 20.2 Å². The highest BCUT2D eigenvalue weighted by Crippen LogP contribution is 2.21. The fraction of sp³-hybridized carbons (Fsp3) is 0.636. The van der Waals surface area contributed by atoms with Crippen LogP contribution >= 0.6 is 0 Å². The Labute approximate surface area is 74.8 Å².